The number of carbonyl (C=O) groups excluding carboxylic acids is 1. The minimum atomic E-state index is -1.24. The van der Waals surface area contributed by atoms with Crippen LogP contribution >= 0.6 is 0 Å². The Morgan fingerprint density at radius 3 is 2.52 bits per heavy atom. The number of nitrogens with zero attached hydrogens (tertiary/aromatic N) is 1. The number of halogens is 3. The third-order valence-electron chi connectivity index (χ3n) is 5.45. The summed E-state index contributed by atoms with van der Waals surface area (Å²) < 4.78 is 51.7. The highest BCUT2D eigenvalue weighted by molar-refractivity contribution is 5.94. The molecule has 170 valence electrons. The molecule has 0 atom stereocenters. The lowest BCUT2D eigenvalue weighted by atomic mass is 9.99. The van der Waals surface area contributed by atoms with E-state index in [4.69, 9.17) is 9.47 Å². The molecule has 0 saturated heterocycles. The van der Waals surface area contributed by atoms with Crippen molar-refractivity contribution < 1.29 is 27.4 Å². The Morgan fingerprint density at radius 1 is 0.939 bits per heavy atom. The first-order valence-corrected chi connectivity index (χ1v) is 10.7. The van der Waals surface area contributed by atoms with E-state index in [1.54, 1.807) is 31.2 Å². The maximum absolute atomic E-state index is 14.0. The lowest BCUT2D eigenvalue weighted by Crippen LogP contribution is -2.08. The molecule has 1 aliphatic rings. The normalized spacial score (nSPS) is 13.3. The third kappa shape index (κ3) is 4.92. The lowest BCUT2D eigenvalue weighted by molar-refractivity contribution is 0.0519. The summed E-state index contributed by atoms with van der Waals surface area (Å²) in [5.41, 5.74) is 3.69. The number of hydrogen-bond donors (Lipinski definition) is 0. The zero-order valence-electron chi connectivity index (χ0n) is 18.0. The van der Waals surface area contributed by atoms with Crippen LogP contribution in [0.1, 0.15) is 53.5 Å². The molecule has 0 amide bonds. The van der Waals surface area contributed by atoms with Crippen LogP contribution in [-0.2, 0) is 11.3 Å². The summed E-state index contributed by atoms with van der Waals surface area (Å²) in [7, 11) is 0. The number of esters is 1. The number of aromatic nitrogens is 1. The van der Waals surface area contributed by atoms with Gasteiger partial charge in [0.1, 0.15) is 23.9 Å². The molecule has 0 aliphatic heterocycles. The average molecular weight is 453 g/mol. The van der Waals surface area contributed by atoms with Crippen molar-refractivity contribution in [3.05, 3.63) is 94.6 Å². The smallest absolute Gasteiger partial charge is 0.356 e. The van der Waals surface area contributed by atoms with Gasteiger partial charge in [0, 0.05) is 17.2 Å². The van der Waals surface area contributed by atoms with E-state index in [1.807, 2.05) is 18.2 Å². The molecule has 4 rings (SSSR count). The number of benzene rings is 2. The number of hydrogen-bond acceptors (Lipinski definition) is 4. The van der Waals surface area contributed by atoms with E-state index >= 15 is 0 Å². The highest BCUT2D eigenvalue weighted by atomic mass is 19.2. The Hall–Kier alpha value is -3.61. The molecular weight excluding hydrogens is 431 g/mol. The fourth-order valence-corrected chi connectivity index (χ4v) is 3.92. The van der Waals surface area contributed by atoms with Crippen molar-refractivity contribution >= 4 is 17.1 Å². The molecule has 0 radical (unpaired) electrons. The van der Waals surface area contributed by atoms with E-state index in [2.05, 4.69) is 4.98 Å². The molecule has 0 unspecified atom stereocenters. The minimum Gasteiger partial charge on any atom is -0.488 e. The Labute approximate surface area is 189 Å². The topological polar surface area (TPSA) is 48.4 Å². The van der Waals surface area contributed by atoms with Crippen LogP contribution in [0.25, 0.3) is 11.1 Å². The second-order valence-corrected chi connectivity index (χ2v) is 7.58. The van der Waals surface area contributed by atoms with Gasteiger partial charge >= 0.3 is 5.97 Å². The minimum absolute atomic E-state index is 0.0758. The van der Waals surface area contributed by atoms with Crippen molar-refractivity contribution in [3.8, 4) is 5.75 Å². The van der Waals surface area contributed by atoms with Crippen LogP contribution < -0.4 is 4.74 Å². The summed E-state index contributed by atoms with van der Waals surface area (Å²) in [4.78, 5) is 16.6. The van der Waals surface area contributed by atoms with Gasteiger partial charge in [-0.05, 0) is 61.6 Å². The van der Waals surface area contributed by atoms with E-state index in [1.165, 1.54) is 0 Å². The summed E-state index contributed by atoms with van der Waals surface area (Å²) in [6.45, 7) is 1.75. The molecule has 2 aromatic carbocycles. The summed E-state index contributed by atoms with van der Waals surface area (Å²) in [6, 6.07) is 13.9. The lowest BCUT2D eigenvalue weighted by Gasteiger charge is -2.15. The predicted octanol–water partition coefficient (Wildman–Crippen LogP) is 6.35. The molecule has 0 saturated carbocycles. The van der Waals surface area contributed by atoms with Crippen LogP contribution in [0, 0.1) is 17.5 Å². The van der Waals surface area contributed by atoms with Crippen molar-refractivity contribution in [3.63, 3.8) is 0 Å². The van der Waals surface area contributed by atoms with E-state index in [0.717, 1.165) is 42.0 Å². The Balaban J connectivity index is 1.65. The fraction of sp³-hybridized carbons (Fsp3) is 0.231. The van der Waals surface area contributed by atoms with Crippen LogP contribution in [0.4, 0.5) is 13.2 Å². The van der Waals surface area contributed by atoms with Gasteiger partial charge in [-0.2, -0.15) is 0 Å². The Bertz CT molecular complexity index is 1220. The van der Waals surface area contributed by atoms with Crippen LogP contribution in [0.2, 0.25) is 0 Å². The van der Waals surface area contributed by atoms with Crippen LogP contribution in [0.5, 0.6) is 5.75 Å². The van der Waals surface area contributed by atoms with Crippen LogP contribution in [0.15, 0.2) is 54.6 Å². The maximum atomic E-state index is 14.0. The molecule has 7 heteroatoms. The molecule has 0 fully saturated rings. The molecule has 0 N–H and O–H groups in total. The molecule has 1 heterocycles. The number of pyridine rings is 1. The van der Waals surface area contributed by atoms with Crippen molar-refractivity contribution in [2.75, 3.05) is 6.61 Å². The molecule has 4 nitrogen and oxygen atoms in total. The molecule has 0 spiro atoms. The van der Waals surface area contributed by atoms with Crippen LogP contribution in [-0.4, -0.2) is 17.6 Å². The number of carbonyl (C=O) groups is 1. The van der Waals surface area contributed by atoms with Gasteiger partial charge in [-0.1, -0.05) is 24.3 Å². The van der Waals surface area contributed by atoms with E-state index in [9.17, 15) is 18.0 Å². The highest BCUT2D eigenvalue weighted by Crippen LogP contribution is 2.42. The molecule has 0 bridgehead atoms. The molecule has 1 aliphatic carbocycles. The van der Waals surface area contributed by atoms with Gasteiger partial charge in [-0.15, -0.1) is 0 Å². The van der Waals surface area contributed by atoms with Gasteiger partial charge in [0.15, 0.2) is 11.6 Å². The zero-order chi connectivity index (χ0) is 23.4. The first-order valence-electron chi connectivity index (χ1n) is 10.7. The third-order valence-corrected chi connectivity index (χ3v) is 5.45. The summed E-state index contributed by atoms with van der Waals surface area (Å²) in [5.74, 6) is -3.21. The van der Waals surface area contributed by atoms with Gasteiger partial charge in [0.05, 0.1) is 12.3 Å². The standard InChI is InChI=1S/C26H22F3NO3/c1-2-32-26(31)24-11-6-10-23(30-24)18-9-5-8-17(18)19-7-3-4-12-25(19)33-15-16-13-21(28)22(29)14-20(16)27/h3-4,6-7,10-14H,2,5,8-9,15H2,1H3. The Kier molecular flexibility index (Phi) is 6.77. The van der Waals surface area contributed by atoms with E-state index in [-0.39, 0.29) is 24.5 Å². The average Bonchev–Trinajstić information content (AvgIpc) is 3.31. The van der Waals surface area contributed by atoms with Crippen molar-refractivity contribution in [1.82, 2.24) is 4.98 Å². The zero-order valence-corrected chi connectivity index (χ0v) is 18.0. The molecule has 3 aromatic rings. The van der Waals surface area contributed by atoms with Gasteiger partial charge in [0.25, 0.3) is 0 Å². The first kappa shape index (κ1) is 22.6. The molecule has 33 heavy (non-hydrogen) atoms. The largest absolute Gasteiger partial charge is 0.488 e. The maximum Gasteiger partial charge on any atom is 0.356 e. The molecular formula is C26H22F3NO3. The van der Waals surface area contributed by atoms with Gasteiger partial charge in [-0.3, -0.25) is 0 Å². The second-order valence-electron chi connectivity index (χ2n) is 7.58. The van der Waals surface area contributed by atoms with Crippen molar-refractivity contribution in [1.29, 1.82) is 0 Å². The number of rotatable bonds is 7. The highest BCUT2D eigenvalue weighted by Gasteiger charge is 2.22. The van der Waals surface area contributed by atoms with E-state index < -0.39 is 23.4 Å². The number of allylic oxidation sites excluding steroid dienone is 2. The Morgan fingerprint density at radius 2 is 1.70 bits per heavy atom. The van der Waals surface area contributed by atoms with Gasteiger partial charge < -0.3 is 9.47 Å². The fourth-order valence-electron chi connectivity index (χ4n) is 3.92. The van der Waals surface area contributed by atoms with Crippen molar-refractivity contribution in [2.24, 2.45) is 0 Å². The van der Waals surface area contributed by atoms with Crippen LogP contribution in [0.3, 0.4) is 0 Å². The van der Waals surface area contributed by atoms with Gasteiger partial charge in [-0.25, -0.2) is 22.9 Å². The first-order chi connectivity index (χ1) is 16.0. The number of para-hydroxylation sites is 1. The number of ether oxygens (including phenoxy) is 2. The molecule has 1 aromatic heterocycles. The monoisotopic (exact) mass is 453 g/mol. The summed E-state index contributed by atoms with van der Waals surface area (Å²) in [6.07, 6.45) is 2.46. The quantitative estimate of drug-likeness (QED) is 0.309. The van der Waals surface area contributed by atoms with E-state index in [0.29, 0.717) is 17.5 Å². The predicted molar refractivity (Wildman–Crippen MR) is 118 cm³/mol. The SMILES string of the molecule is CCOC(=O)c1cccc(C2=C(c3ccccc3OCc3cc(F)c(F)cc3F)CCC2)n1. The second kappa shape index (κ2) is 9.90. The summed E-state index contributed by atoms with van der Waals surface area (Å²) in [5, 5.41) is 0. The van der Waals surface area contributed by atoms with Crippen molar-refractivity contribution in [2.45, 2.75) is 32.8 Å². The summed E-state index contributed by atoms with van der Waals surface area (Å²) >= 11 is 0. The van der Waals surface area contributed by atoms with Gasteiger partial charge in [0.2, 0.25) is 0 Å².